The fourth-order valence-corrected chi connectivity index (χ4v) is 14.3. The van der Waals surface area contributed by atoms with Gasteiger partial charge in [0.2, 0.25) is 0 Å². The maximum atomic E-state index is 4.82. The van der Waals surface area contributed by atoms with Crippen molar-refractivity contribution in [3.8, 4) is 0 Å². The van der Waals surface area contributed by atoms with E-state index in [1.165, 1.54) is 38.5 Å². The summed E-state index contributed by atoms with van der Waals surface area (Å²) >= 11 is 0. The molecule has 0 aliphatic heterocycles. The maximum Gasteiger partial charge on any atom is 3.00 e. The van der Waals surface area contributed by atoms with Crippen LogP contribution >= 0.6 is 0 Å². The van der Waals surface area contributed by atoms with Gasteiger partial charge in [-0.15, -0.1) is 0 Å². The Hall–Kier alpha value is 0.873. The van der Waals surface area contributed by atoms with Crippen LogP contribution in [0.3, 0.4) is 0 Å². The first-order chi connectivity index (χ1) is 13.6. The third-order valence-corrected chi connectivity index (χ3v) is 12.4. The van der Waals surface area contributed by atoms with Crippen molar-refractivity contribution in [1.29, 1.82) is 0 Å². The minimum absolute atomic E-state index is 0. The predicted molar refractivity (Wildman–Crippen MR) is 135 cm³/mol. The zero-order valence-electron chi connectivity index (χ0n) is 20.0. The van der Waals surface area contributed by atoms with E-state index in [0.29, 0.717) is 0 Å². The molecule has 0 aromatic carbocycles. The molecule has 6 unspecified atom stereocenters. The average molecular weight is 600 g/mol. The van der Waals surface area contributed by atoms with Crippen molar-refractivity contribution in [1.82, 2.24) is 0 Å². The second-order valence-corrected chi connectivity index (χ2v) is 21.3. The third-order valence-electron chi connectivity index (χ3n) is 7.00. The molecule has 6 atom stereocenters. The molecule has 0 spiro atoms. The van der Waals surface area contributed by atoms with Crippen LogP contribution in [0.2, 0.25) is 39.3 Å². The third kappa shape index (κ3) is 8.34. The summed E-state index contributed by atoms with van der Waals surface area (Å²) in [6.45, 7) is 13.8. The Morgan fingerprint density at radius 3 is 1.30 bits per heavy atom. The molecule has 4 heteroatoms. The summed E-state index contributed by atoms with van der Waals surface area (Å²) in [7, 11) is -2.21. The second-order valence-electron chi connectivity index (χ2n) is 11.7. The molecule has 4 aliphatic rings. The Kier molecular flexibility index (Phi) is 10.7. The first-order valence-corrected chi connectivity index (χ1v) is 19.0. The summed E-state index contributed by atoms with van der Waals surface area (Å²) in [5.41, 5.74) is 0. The molecule has 0 heterocycles. The smallest absolute Gasteiger partial charge is 0.668 e. The van der Waals surface area contributed by atoms with Gasteiger partial charge in [-0.1, -0.05) is 104 Å². The normalized spacial score (nSPS) is 34.1. The van der Waals surface area contributed by atoms with Gasteiger partial charge in [-0.25, -0.2) is 0 Å². The Balaban J connectivity index is 0.000000277. The SMILES string of the molecule is C1=CC2CCC(CCC3CCC4C=CC=CC43)C2C=C1.C[Si](C)(C)[N-][Si](C)(C)C.[Yb+3]. The van der Waals surface area contributed by atoms with Crippen molar-refractivity contribution in [2.75, 3.05) is 0 Å². The summed E-state index contributed by atoms with van der Waals surface area (Å²) in [5.74, 6) is 5.36. The zero-order chi connectivity index (χ0) is 21.1. The van der Waals surface area contributed by atoms with Crippen LogP contribution in [0.15, 0.2) is 48.6 Å². The molecule has 173 valence electrons. The van der Waals surface area contributed by atoms with Crippen LogP contribution in [-0.4, -0.2) is 16.5 Å². The van der Waals surface area contributed by atoms with E-state index in [0.717, 1.165) is 35.5 Å². The van der Waals surface area contributed by atoms with Crippen molar-refractivity contribution in [3.63, 3.8) is 0 Å². The van der Waals surface area contributed by atoms with E-state index in [4.69, 9.17) is 4.65 Å². The molecule has 0 amide bonds. The maximum absolute atomic E-state index is 4.82. The summed E-state index contributed by atoms with van der Waals surface area (Å²) in [4.78, 5) is 0. The number of nitrogens with zero attached hydrogens (tertiary/aromatic N) is 1. The molecule has 1 radical (unpaired) electrons. The average Bonchev–Trinajstić information content (AvgIpc) is 3.21. The molecule has 0 aromatic rings. The van der Waals surface area contributed by atoms with Crippen LogP contribution in [0, 0.1) is 82.4 Å². The molecule has 2 fully saturated rings. The van der Waals surface area contributed by atoms with Gasteiger partial charge in [0.25, 0.3) is 0 Å². The number of allylic oxidation sites excluding steroid dienone is 8. The molecule has 4 rings (SSSR count). The minimum atomic E-state index is -1.11. The van der Waals surface area contributed by atoms with E-state index in [-0.39, 0.29) is 46.9 Å². The van der Waals surface area contributed by atoms with Gasteiger partial charge in [0, 0.05) is 0 Å². The van der Waals surface area contributed by atoms with Crippen LogP contribution in [0.5, 0.6) is 0 Å². The van der Waals surface area contributed by atoms with Gasteiger partial charge < -0.3 is 4.65 Å². The van der Waals surface area contributed by atoms with Gasteiger partial charge in [-0.05, 0) is 74.0 Å². The van der Waals surface area contributed by atoms with Crippen molar-refractivity contribution >= 4 is 16.5 Å². The van der Waals surface area contributed by atoms with Gasteiger partial charge >= 0.3 is 46.9 Å². The minimum Gasteiger partial charge on any atom is -0.668 e. The van der Waals surface area contributed by atoms with Crippen LogP contribution in [0.4, 0.5) is 0 Å². The van der Waals surface area contributed by atoms with Gasteiger partial charge in [0.15, 0.2) is 0 Å². The van der Waals surface area contributed by atoms with Crippen LogP contribution < -0.4 is 0 Å². The Morgan fingerprint density at radius 2 is 0.967 bits per heavy atom. The molecule has 30 heavy (non-hydrogen) atoms. The fourth-order valence-electron chi connectivity index (χ4n) is 6.24. The van der Waals surface area contributed by atoms with E-state index in [9.17, 15) is 0 Å². The Morgan fingerprint density at radius 1 is 0.600 bits per heavy atom. The quantitative estimate of drug-likeness (QED) is 0.282. The number of fused-ring (bicyclic) bond motifs is 2. The monoisotopic (exact) mass is 600 g/mol. The van der Waals surface area contributed by atoms with E-state index < -0.39 is 16.5 Å². The van der Waals surface area contributed by atoms with Crippen molar-refractivity contribution in [2.45, 2.75) is 77.8 Å². The van der Waals surface area contributed by atoms with Gasteiger partial charge in [-0.2, -0.15) is 0 Å². The Labute approximate surface area is 227 Å². The summed E-state index contributed by atoms with van der Waals surface area (Å²) in [5, 5.41) is 0. The first-order valence-electron chi connectivity index (χ1n) is 12.1. The zero-order valence-corrected chi connectivity index (χ0v) is 23.8. The van der Waals surface area contributed by atoms with Crippen LogP contribution in [0.25, 0.3) is 4.65 Å². The molecule has 4 aliphatic carbocycles. The largest absolute Gasteiger partial charge is 3.00 e. The van der Waals surface area contributed by atoms with Gasteiger partial charge in [0.1, 0.15) is 0 Å². The summed E-state index contributed by atoms with van der Waals surface area (Å²) < 4.78 is 4.82. The molecule has 2 saturated carbocycles. The first kappa shape index (κ1) is 27.1. The van der Waals surface area contributed by atoms with Gasteiger partial charge in [0.05, 0.1) is 0 Å². The van der Waals surface area contributed by atoms with Crippen molar-refractivity contribution < 1.29 is 46.9 Å². The fraction of sp³-hybridized carbons (Fsp3) is 0.692. The van der Waals surface area contributed by atoms with Crippen molar-refractivity contribution in [3.05, 3.63) is 53.3 Å². The predicted octanol–water partition coefficient (Wildman–Crippen LogP) is 8.33. The van der Waals surface area contributed by atoms with Crippen LogP contribution in [0.1, 0.15) is 38.5 Å². The molecular formula is C26H44NSi2Yb+2. The molecule has 1 nitrogen and oxygen atoms in total. The number of hydrogen-bond donors (Lipinski definition) is 0. The van der Waals surface area contributed by atoms with E-state index in [1.54, 1.807) is 0 Å². The van der Waals surface area contributed by atoms with E-state index in [2.05, 4.69) is 87.9 Å². The molecular weight excluding hydrogens is 556 g/mol. The van der Waals surface area contributed by atoms with Crippen molar-refractivity contribution in [2.24, 2.45) is 35.5 Å². The van der Waals surface area contributed by atoms with Gasteiger partial charge in [-0.3, -0.25) is 0 Å². The molecule has 0 bridgehead atoms. The van der Waals surface area contributed by atoms with E-state index >= 15 is 0 Å². The van der Waals surface area contributed by atoms with Crippen LogP contribution in [-0.2, 0) is 0 Å². The molecule has 0 aromatic heterocycles. The molecule has 0 N–H and O–H groups in total. The Bertz CT molecular complexity index is 597. The summed E-state index contributed by atoms with van der Waals surface area (Å²) in [6.07, 6.45) is 27.6. The second kappa shape index (κ2) is 11.8. The molecule has 0 saturated heterocycles. The number of hydrogen-bond acceptors (Lipinski definition) is 0. The summed E-state index contributed by atoms with van der Waals surface area (Å²) in [6, 6.07) is 0. The standard InChI is InChI=1S/C20H26.C6H18NSi2.Yb/c1-3-7-19-15(5-1)9-11-17(19)13-14-18-12-10-16-6-2-4-8-20(16)18;1-8(2,3)7-9(4,5)6;/h1-8,15-20H,9-14H2;1-6H3;/q;-1;+3. The van der Waals surface area contributed by atoms with E-state index in [1.807, 2.05) is 0 Å². The topological polar surface area (TPSA) is 14.1 Å². The number of rotatable bonds is 5.